The summed E-state index contributed by atoms with van der Waals surface area (Å²) < 4.78 is 52.0. The Morgan fingerprint density at radius 1 is 1.00 bits per heavy atom. The summed E-state index contributed by atoms with van der Waals surface area (Å²) in [6.45, 7) is 8.08. The molecule has 2 atom stereocenters. The van der Waals surface area contributed by atoms with Crippen LogP contribution in [-0.2, 0) is 16.1 Å². The van der Waals surface area contributed by atoms with Gasteiger partial charge in [-0.2, -0.15) is 0 Å². The van der Waals surface area contributed by atoms with Crippen molar-refractivity contribution < 1.29 is 27.5 Å². The molecule has 1 saturated carbocycles. The minimum absolute atomic E-state index is 0.0446. The Bertz CT molecular complexity index is 1660. The molecule has 2 N–H and O–H groups in total. The number of benzene rings is 2. The highest BCUT2D eigenvalue weighted by atomic mass is 19.1. The molecular weight excluding hydrogens is 645 g/mol. The van der Waals surface area contributed by atoms with Crippen LogP contribution < -0.4 is 15.1 Å². The first-order chi connectivity index (χ1) is 24.0. The van der Waals surface area contributed by atoms with Crippen molar-refractivity contribution in [1.29, 1.82) is 0 Å². The Balaban J connectivity index is 1.20. The van der Waals surface area contributed by atoms with Gasteiger partial charge in [0.15, 0.2) is 11.6 Å². The fourth-order valence-corrected chi connectivity index (χ4v) is 8.47. The number of carbonyl (C=O) groups excluding carboxylic acids is 2. The van der Waals surface area contributed by atoms with Crippen LogP contribution in [-0.4, -0.2) is 66.2 Å². The van der Waals surface area contributed by atoms with Gasteiger partial charge in [0.05, 0.1) is 30.7 Å². The summed E-state index contributed by atoms with van der Waals surface area (Å²) in [5.41, 5.74) is 2.22. The van der Waals surface area contributed by atoms with E-state index in [0.29, 0.717) is 72.5 Å². The van der Waals surface area contributed by atoms with Crippen LogP contribution in [0.25, 0.3) is 11.0 Å². The van der Waals surface area contributed by atoms with Crippen LogP contribution in [0.15, 0.2) is 24.3 Å². The minimum Gasteiger partial charge on any atom is -0.453 e. The Labute approximate surface area is 292 Å². The number of H-pyrrole nitrogens is 1. The molecule has 272 valence electrons. The largest absolute Gasteiger partial charge is 0.453 e. The maximum absolute atomic E-state index is 15.8. The molecule has 2 saturated heterocycles. The third kappa shape index (κ3) is 7.39. The number of hydrogen-bond acceptors (Lipinski definition) is 6. The summed E-state index contributed by atoms with van der Waals surface area (Å²) in [6, 6.07) is 4.71. The number of aromatic amines is 1. The van der Waals surface area contributed by atoms with E-state index in [-0.39, 0.29) is 24.1 Å². The van der Waals surface area contributed by atoms with Crippen LogP contribution in [0.5, 0.6) is 0 Å². The van der Waals surface area contributed by atoms with Gasteiger partial charge in [0, 0.05) is 37.4 Å². The van der Waals surface area contributed by atoms with Gasteiger partial charge in [-0.05, 0) is 80.5 Å². The van der Waals surface area contributed by atoms with Crippen molar-refractivity contribution >= 4 is 34.4 Å². The topological polar surface area (TPSA) is 93.8 Å². The van der Waals surface area contributed by atoms with Gasteiger partial charge in [0.1, 0.15) is 23.4 Å². The van der Waals surface area contributed by atoms with E-state index in [2.05, 4.69) is 10.3 Å². The zero-order valence-electron chi connectivity index (χ0n) is 29.8. The summed E-state index contributed by atoms with van der Waals surface area (Å²) in [5, 5.41) is 2.63. The molecule has 12 heteroatoms. The first kappa shape index (κ1) is 35.9. The third-order valence-corrected chi connectivity index (χ3v) is 11.2. The number of rotatable bonds is 10. The molecule has 2 aromatic carbocycles. The number of carbonyl (C=O) groups is 2. The van der Waals surface area contributed by atoms with Gasteiger partial charge in [0.25, 0.3) is 0 Å². The molecule has 3 heterocycles. The van der Waals surface area contributed by atoms with E-state index in [0.717, 1.165) is 19.3 Å². The van der Waals surface area contributed by atoms with Crippen molar-refractivity contribution in [2.45, 2.75) is 104 Å². The highest BCUT2D eigenvalue weighted by Gasteiger charge is 2.37. The monoisotopic (exact) mass is 696 g/mol. The van der Waals surface area contributed by atoms with Crippen LogP contribution in [0.3, 0.4) is 0 Å². The van der Waals surface area contributed by atoms with Crippen LogP contribution in [0.4, 0.5) is 29.3 Å². The second kappa shape index (κ2) is 15.1. The van der Waals surface area contributed by atoms with Crippen molar-refractivity contribution in [2.24, 2.45) is 11.3 Å². The van der Waals surface area contributed by atoms with Crippen molar-refractivity contribution in [3.05, 3.63) is 53.1 Å². The number of piperidine rings is 1. The Morgan fingerprint density at radius 2 is 1.70 bits per heavy atom. The quantitative estimate of drug-likeness (QED) is 0.223. The van der Waals surface area contributed by atoms with Crippen LogP contribution in [0.2, 0.25) is 0 Å². The number of ether oxygens (including phenoxy) is 1. The third-order valence-electron chi connectivity index (χ3n) is 11.2. The number of anilines is 2. The average molecular weight is 697 g/mol. The van der Waals surface area contributed by atoms with E-state index in [1.165, 1.54) is 57.4 Å². The van der Waals surface area contributed by atoms with Gasteiger partial charge >= 0.3 is 6.09 Å². The lowest BCUT2D eigenvalue weighted by Crippen LogP contribution is -2.51. The van der Waals surface area contributed by atoms with E-state index < -0.39 is 35.6 Å². The number of amides is 2. The van der Waals surface area contributed by atoms with E-state index in [9.17, 15) is 9.59 Å². The first-order valence-electron chi connectivity index (χ1n) is 18.3. The summed E-state index contributed by atoms with van der Waals surface area (Å²) in [5.74, 6) is -1.55. The molecule has 1 unspecified atom stereocenters. The van der Waals surface area contributed by atoms with Crippen LogP contribution in [0.1, 0.15) is 102 Å². The predicted molar refractivity (Wildman–Crippen MR) is 189 cm³/mol. The van der Waals surface area contributed by atoms with Crippen molar-refractivity contribution in [1.82, 2.24) is 20.2 Å². The van der Waals surface area contributed by atoms with Crippen LogP contribution in [0, 0.1) is 28.8 Å². The zero-order chi connectivity index (χ0) is 35.6. The summed E-state index contributed by atoms with van der Waals surface area (Å²) in [6.07, 6.45) is 9.53. The smallest absolute Gasteiger partial charge is 0.407 e. The lowest BCUT2D eigenvalue weighted by molar-refractivity contribution is -0.135. The molecule has 9 nitrogen and oxygen atoms in total. The standard InChI is InChI=1S/C38H51F3N6O3/c1-5-15-46(36(48)34(24(2)3)44-37(49)50-4)23-33-42-30-21-26(27(39)22-31(30)43-33)32-10-9-16-47(32)25-19-28(40)35(29(41)20-25)45-17-13-38(14-18-45)11-7-6-8-12-38/h19-22,24,32,34H,5-18,23H2,1-4H3,(H,42,43)(H,44,49)/t32-,34?/m1/s1. The number of fused-ring (bicyclic) bond motifs is 1. The van der Waals surface area contributed by atoms with Gasteiger partial charge in [-0.3, -0.25) is 4.79 Å². The fourth-order valence-electron chi connectivity index (χ4n) is 8.47. The maximum Gasteiger partial charge on any atom is 0.407 e. The second-order valence-electron chi connectivity index (χ2n) is 14.8. The predicted octanol–water partition coefficient (Wildman–Crippen LogP) is 7.99. The van der Waals surface area contributed by atoms with Crippen molar-refractivity contribution in [2.75, 3.05) is 43.1 Å². The molecule has 2 aliphatic heterocycles. The molecule has 2 amide bonds. The van der Waals surface area contributed by atoms with E-state index in [1.807, 2.05) is 30.6 Å². The molecular formula is C38H51F3N6O3. The lowest BCUT2D eigenvalue weighted by Gasteiger charge is -2.45. The molecule has 3 fully saturated rings. The summed E-state index contributed by atoms with van der Waals surface area (Å²) in [7, 11) is 1.25. The van der Waals surface area contributed by atoms with Crippen molar-refractivity contribution in [3.8, 4) is 0 Å². The summed E-state index contributed by atoms with van der Waals surface area (Å²) >= 11 is 0. The Kier molecular flexibility index (Phi) is 10.8. The zero-order valence-corrected chi connectivity index (χ0v) is 29.8. The molecule has 1 aliphatic carbocycles. The molecule has 1 spiro atoms. The molecule has 50 heavy (non-hydrogen) atoms. The molecule has 0 radical (unpaired) electrons. The van der Waals surface area contributed by atoms with E-state index >= 15 is 13.2 Å². The van der Waals surface area contributed by atoms with E-state index in [4.69, 9.17) is 9.72 Å². The van der Waals surface area contributed by atoms with Gasteiger partial charge in [-0.25, -0.2) is 22.9 Å². The molecule has 3 aromatic rings. The molecule has 1 aromatic heterocycles. The second-order valence-corrected chi connectivity index (χ2v) is 14.8. The lowest BCUT2D eigenvalue weighted by atomic mass is 9.68. The minimum atomic E-state index is -0.784. The number of hydrogen-bond donors (Lipinski definition) is 2. The van der Waals surface area contributed by atoms with Gasteiger partial charge in [-0.15, -0.1) is 0 Å². The Morgan fingerprint density at radius 3 is 2.34 bits per heavy atom. The Hall–Kier alpha value is -3.96. The van der Waals surface area contributed by atoms with Gasteiger partial charge < -0.3 is 29.7 Å². The number of halogens is 3. The number of methoxy groups -OCH3 is 1. The normalized spacial score (nSPS) is 19.7. The van der Waals surface area contributed by atoms with Gasteiger partial charge in [0.2, 0.25) is 5.91 Å². The summed E-state index contributed by atoms with van der Waals surface area (Å²) in [4.78, 5) is 38.7. The van der Waals surface area contributed by atoms with Crippen LogP contribution >= 0.6 is 0 Å². The number of nitrogens with one attached hydrogen (secondary N) is 2. The van der Waals surface area contributed by atoms with Gasteiger partial charge in [-0.1, -0.05) is 40.0 Å². The number of nitrogens with zero attached hydrogens (tertiary/aromatic N) is 4. The highest BCUT2D eigenvalue weighted by Crippen LogP contribution is 2.46. The number of aromatic nitrogens is 2. The van der Waals surface area contributed by atoms with Crippen molar-refractivity contribution in [3.63, 3.8) is 0 Å². The fraction of sp³-hybridized carbons (Fsp3) is 0.605. The molecule has 0 bridgehead atoms. The highest BCUT2D eigenvalue weighted by molar-refractivity contribution is 5.86. The number of alkyl carbamates (subject to hydrolysis) is 1. The molecule has 3 aliphatic rings. The maximum atomic E-state index is 15.8. The first-order valence-corrected chi connectivity index (χ1v) is 18.3. The SMILES string of the molecule is CCCN(Cc1nc2cc([C@H]3CCCN3c3cc(F)c(N4CCC5(CCCCC5)CC4)c(F)c3)c(F)cc2[nH]1)C(=O)C(NC(=O)OC)C(C)C. The molecule has 6 rings (SSSR count). The van der Waals surface area contributed by atoms with E-state index in [1.54, 1.807) is 11.0 Å². The average Bonchev–Trinajstić information content (AvgIpc) is 3.74. The number of imidazole rings is 1.